The fourth-order valence-electron chi connectivity index (χ4n) is 1.74. The highest BCUT2D eigenvalue weighted by Crippen LogP contribution is 2.13. The van der Waals surface area contributed by atoms with Gasteiger partial charge in [0.15, 0.2) is 5.82 Å². The normalized spacial score (nSPS) is 12.1. The summed E-state index contributed by atoms with van der Waals surface area (Å²) in [6.45, 7) is 2.07. The minimum atomic E-state index is 0.217. The van der Waals surface area contributed by atoms with Gasteiger partial charge in [-0.05, 0) is 25.5 Å². The fourth-order valence-corrected chi connectivity index (χ4v) is 1.89. The van der Waals surface area contributed by atoms with Crippen molar-refractivity contribution in [2.24, 2.45) is 5.73 Å². The van der Waals surface area contributed by atoms with Crippen LogP contribution in [0, 0.1) is 0 Å². The molecule has 1 unspecified atom stereocenters. The van der Waals surface area contributed by atoms with Crippen LogP contribution >= 0.6 is 12.2 Å². The molecule has 100 valence electrons. The molecular formula is C13H16N4OS. The van der Waals surface area contributed by atoms with Crippen molar-refractivity contribution in [3.8, 4) is 0 Å². The van der Waals surface area contributed by atoms with E-state index in [0.717, 1.165) is 18.6 Å². The van der Waals surface area contributed by atoms with Crippen LogP contribution in [0.15, 0.2) is 35.2 Å². The highest BCUT2D eigenvalue weighted by atomic mass is 32.1. The van der Waals surface area contributed by atoms with E-state index in [0.29, 0.717) is 11.5 Å². The molecule has 5 nitrogen and oxygen atoms in total. The van der Waals surface area contributed by atoms with Gasteiger partial charge in [0.1, 0.15) is 16.4 Å². The third-order valence-corrected chi connectivity index (χ3v) is 2.91. The van der Waals surface area contributed by atoms with Gasteiger partial charge in [-0.2, -0.15) is 0 Å². The summed E-state index contributed by atoms with van der Waals surface area (Å²) in [5.74, 6) is 1.60. The number of hydrogen-bond donors (Lipinski definition) is 2. The number of hydrogen-bond acceptors (Lipinski definition) is 5. The molecule has 0 fully saturated rings. The number of nitrogens with zero attached hydrogens (tertiary/aromatic N) is 2. The molecule has 6 heteroatoms. The number of thiocarbonyl (C=S) groups is 1. The fraction of sp³-hybridized carbons (Fsp3) is 0.308. The Morgan fingerprint density at radius 2 is 2.26 bits per heavy atom. The van der Waals surface area contributed by atoms with Gasteiger partial charge in [-0.1, -0.05) is 12.2 Å². The predicted molar refractivity (Wildman–Crippen MR) is 78.0 cm³/mol. The number of aryl methyl sites for hydroxylation is 1. The highest BCUT2D eigenvalue weighted by Gasteiger charge is 2.11. The lowest BCUT2D eigenvalue weighted by molar-refractivity contribution is 0.495. The molecule has 0 bridgehead atoms. The molecule has 0 aliphatic carbocycles. The van der Waals surface area contributed by atoms with Crippen LogP contribution in [0.3, 0.4) is 0 Å². The molecule has 2 aromatic rings. The average Bonchev–Trinajstić information content (AvgIpc) is 2.90. The first kappa shape index (κ1) is 13.5. The van der Waals surface area contributed by atoms with Crippen LogP contribution in [0.25, 0.3) is 0 Å². The minimum Gasteiger partial charge on any atom is -0.469 e. The topological polar surface area (TPSA) is 77.0 Å². The van der Waals surface area contributed by atoms with Gasteiger partial charge in [0.25, 0.3) is 0 Å². The number of nitrogens with two attached hydrogens (primary N) is 1. The summed E-state index contributed by atoms with van der Waals surface area (Å²) >= 11 is 4.95. The van der Waals surface area contributed by atoms with Crippen LogP contribution in [0.4, 0.5) is 5.82 Å². The van der Waals surface area contributed by atoms with Gasteiger partial charge in [-0.15, -0.1) is 0 Å². The summed E-state index contributed by atoms with van der Waals surface area (Å²) < 4.78 is 5.30. The number of nitrogens with one attached hydrogen (secondary N) is 1. The number of furan rings is 1. The second-order valence-corrected chi connectivity index (χ2v) is 4.72. The molecule has 0 aliphatic heterocycles. The van der Waals surface area contributed by atoms with Crippen molar-refractivity contribution in [1.29, 1.82) is 0 Å². The zero-order valence-corrected chi connectivity index (χ0v) is 11.5. The SMILES string of the molecule is CC(CCc1ccco1)Nc1nccnc1C(N)=S. The predicted octanol–water partition coefficient (Wildman–Crippen LogP) is 2.14. The van der Waals surface area contributed by atoms with Crippen LogP contribution in [0.1, 0.15) is 24.8 Å². The highest BCUT2D eigenvalue weighted by molar-refractivity contribution is 7.80. The maximum Gasteiger partial charge on any atom is 0.155 e. The van der Waals surface area contributed by atoms with Gasteiger partial charge >= 0.3 is 0 Å². The molecule has 2 aromatic heterocycles. The van der Waals surface area contributed by atoms with Gasteiger partial charge < -0.3 is 15.5 Å². The van der Waals surface area contributed by atoms with Crippen molar-refractivity contribution in [2.75, 3.05) is 5.32 Å². The lowest BCUT2D eigenvalue weighted by Crippen LogP contribution is -2.22. The Labute approximate surface area is 117 Å². The maximum atomic E-state index is 5.62. The maximum absolute atomic E-state index is 5.62. The molecule has 0 aromatic carbocycles. The quantitative estimate of drug-likeness (QED) is 0.787. The molecule has 2 heterocycles. The number of anilines is 1. The van der Waals surface area contributed by atoms with E-state index < -0.39 is 0 Å². The van der Waals surface area contributed by atoms with Crippen LogP contribution in [0.5, 0.6) is 0 Å². The summed E-state index contributed by atoms with van der Waals surface area (Å²) in [6.07, 6.45) is 6.66. The van der Waals surface area contributed by atoms with Crippen molar-refractivity contribution in [2.45, 2.75) is 25.8 Å². The second kappa shape index (κ2) is 6.29. The molecule has 2 rings (SSSR count). The molecule has 3 N–H and O–H groups in total. The molecular weight excluding hydrogens is 260 g/mol. The summed E-state index contributed by atoms with van der Waals surface area (Å²) in [5.41, 5.74) is 6.15. The number of rotatable bonds is 6. The smallest absolute Gasteiger partial charge is 0.155 e. The van der Waals surface area contributed by atoms with Crippen molar-refractivity contribution in [3.63, 3.8) is 0 Å². The lowest BCUT2D eigenvalue weighted by atomic mass is 10.1. The molecule has 0 radical (unpaired) electrons. The number of aromatic nitrogens is 2. The molecule has 1 atom stereocenters. The molecule has 0 saturated heterocycles. The summed E-state index contributed by atoms with van der Waals surface area (Å²) in [5, 5.41) is 3.27. The first-order valence-electron chi connectivity index (χ1n) is 6.06. The van der Waals surface area contributed by atoms with E-state index in [1.807, 2.05) is 12.1 Å². The average molecular weight is 276 g/mol. The Kier molecular flexibility index (Phi) is 4.46. The van der Waals surface area contributed by atoms with Gasteiger partial charge in [0.2, 0.25) is 0 Å². The minimum absolute atomic E-state index is 0.217. The largest absolute Gasteiger partial charge is 0.469 e. The molecule has 0 saturated carbocycles. The van der Waals surface area contributed by atoms with E-state index in [9.17, 15) is 0 Å². The van der Waals surface area contributed by atoms with Crippen LogP contribution in [-0.4, -0.2) is 21.0 Å². The molecule has 0 spiro atoms. The lowest BCUT2D eigenvalue weighted by Gasteiger charge is -2.15. The van der Waals surface area contributed by atoms with Gasteiger partial charge in [0.05, 0.1) is 6.26 Å². The summed E-state index contributed by atoms with van der Waals surface area (Å²) in [6, 6.07) is 4.08. The van der Waals surface area contributed by atoms with Crippen LogP contribution in [-0.2, 0) is 6.42 Å². The van der Waals surface area contributed by atoms with Crippen LogP contribution < -0.4 is 11.1 Å². The van der Waals surface area contributed by atoms with Crippen molar-refractivity contribution < 1.29 is 4.42 Å². The Bertz CT molecular complexity index is 541. The van der Waals surface area contributed by atoms with Crippen molar-refractivity contribution in [3.05, 3.63) is 42.2 Å². The zero-order chi connectivity index (χ0) is 13.7. The van der Waals surface area contributed by atoms with Gasteiger partial charge in [0, 0.05) is 24.9 Å². The van der Waals surface area contributed by atoms with Gasteiger partial charge in [-0.3, -0.25) is 0 Å². The third kappa shape index (κ3) is 3.75. The second-order valence-electron chi connectivity index (χ2n) is 4.28. The van der Waals surface area contributed by atoms with E-state index >= 15 is 0 Å². The zero-order valence-electron chi connectivity index (χ0n) is 10.7. The Morgan fingerprint density at radius 3 is 2.95 bits per heavy atom. The van der Waals surface area contributed by atoms with Gasteiger partial charge in [-0.25, -0.2) is 9.97 Å². The van der Waals surface area contributed by atoms with Crippen molar-refractivity contribution >= 4 is 23.0 Å². The third-order valence-electron chi connectivity index (χ3n) is 2.72. The summed E-state index contributed by atoms with van der Waals surface area (Å²) in [7, 11) is 0. The molecule has 0 aliphatic rings. The van der Waals surface area contributed by atoms with Crippen molar-refractivity contribution in [1.82, 2.24) is 9.97 Å². The monoisotopic (exact) mass is 276 g/mol. The Balaban J connectivity index is 1.95. The van der Waals surface area contributed by atoms with Crippen LogP contribution in [0.2, 0.25) is 0 Å². The molecule has 0 amide bonds. The Morgan fingerprint density at radius 1 is 1.47 bits per heavy atom. The standard InChI is InChI=1S/C13H16N4OS/c1-9(4-5-10-3-2-8-18-10)17-13-11(12(14)19)15-6-7-16-13/h2-3,6-9H,4-5H2,1H3,(H2,14,19)(H,16,17). The summed E-state index contributed by atoms with van der Waals surface area (Å²) in [4.78, 5) is 8.60. The molecule has 19 heavy (non-hydrogen) atoms. The van der Waals surface area contributed by atoms with E-state index in [-0.39, 0.29) is 11.0 Å². The van der Waals surface area contributed by atoms with E-state index in [4.69, 9.17) is 22.4 Å². The van der Waals surface area contributed by atoms with E-state index in [1.54, 1.807) is 18.7 Å². The van der Waals surface area contributed by atoms with E-state index in [1.165, 1.54) is 0 Å². The first-order chi connectivity index (χ1) is 9.16. The van der Waals surface area contributed by atoms with E-state index in [2.05, 4.69) is 22.2 Å². The Hall–Kier alpha value is -1.95. The first-order valence-corrected chi connectivity index (χ1v) is 6.47.